The normalized spacial score (nSPS) is 24.8. The van der Waals surface area contributed by atoms with Gasteiger partial charge in [0.15, 0.2) is 0 Å². The Morgan fingerprint density at radius 2 is 1.93 bits per heavy atom. The number of amides is 2. The number of carbonyl (C=O) groups is 2. The van der Waals surface area contributed by atoms with E-state index in [0.29, 0.717) is 18.4 Å². The fourth-order valence-electron chi connectivity index (χ4n) is 4.94. The number of nitrogens with zero attached hydrogens (tertiary/aromatic N) is 2. The third kappa shape index (κ3) is 3.75. The fourth-order valence-corrected chi connectivity index (χ4v) is 4.94. The van der Waals surface area contributed by atoms with Crippen molar-refractivity contribution in [2.24, 2.45) is 11.3 Å². The molecule has 5 nitrogen and oxygen atoms in total. The third-order valence-electron chi connectivity index (χ3n) is 6.73. The summed E-state index contributed by atoms with van der Waals surface area (Å²) in [7, 11) is 0. The molecule has 1 atom stereocenters. The molecule has 0 radical (unpaired) electrons. The van der Waals surface area contributed by atoms with Crippen molar-refractivity contribution in [2.75, 3.05) is 37.6 Å². The van der Waals surface area contributed by atoms with E-state index in [1.165, 1.54) is 12.0 Å². The van der Waals surface area contributed by atoms with Gasteiger partial charge >= 0.3 is 0 Å². The third-order valence-corrected chi connectivity index (χ3v) is 6.73. The minimum absolute atomic E-state index is 0.0741. The fraction of sp³-hybridized carbons (Fsp3) is 0.636. The SMILES string of the molecule is CCCc1ccc(N2CC(C(=O)N3CCC4(CCNC4)CC3)CC2=O)cc1. The maximum atomic E-state index is 13.0. The molecule has 27 heavy (non-hydrogen) atoms. The first-order valence-corrected chi connectivity index (χ1v) is 10.5. The molecule has 0 bridgehead atoms. The van der Waals surface area contributed by atoms with E-state index < -0.39 is 0 Å². The Labute approximate surface area is 162 Å². The summed E-state index contributed by atoms with van der Waals surface area (Å²) in [4.78, 5) is 29.3. The second-order valence-corrected chi connectivity index (χ2v) is 8.57. The van der Waals surface area contributed by atoms with E-state index in [1.54, 1.807) is 4.90 Å². The average molecular weight is 370 g/mol. The van der Waals surface area contributed by atoms with Gasteiger partial charge < -0.3 is 15.1 Å². The number of hydrogen-bond donors (Lipinski definition) is 1. The minimum atomic E-state index is -0.191. The first-order chi connectivity index (χ1) is 13.1. The monoisotopic (exact) mass is 369 g/mol. The second kappa shape index (κ2) is 7.63. The Kier molecular flexibility index (Phi) is 5.22. The number of rotatable bonds is 4. The number of aryl methyl sites for hydroxylation is 1. The molecule has 0 aliphatic carbocycles. The number of nitrogens with one attached hydrogen (secondary N) is 1. The molecule has 1 unspecified atom stereocenters. The summed E-state index contributed by atoms with van der Waals surface area (Å²) in [5.41, 5.74) is 2.63. The first kappa shape index (κ1) is 18.5. The molecule has 3 saturated heterocycles. The molecule has 1 aromatic rings. The largest absolute Gasteiger partial charge is 0.342 e. The highest BCUT2D eigenvalue weighted by Crippen LogP contribution is 2.37. The molecular weight excluding hydrogens is 338 g/mol. The van der Waals surface area contributed by atoms with Crippen LogP contribution in [0, 0.1) is 11.3 Å². The van der Waals surface area contributed by atoms with Gasteiger partial charge in [-0.15, -0.1) is 0 Å². The lowest BCUT2D eigenvalue weighted by molar-refractivity contribution is -0.137. The average Bonchev–Trinajstić information content (AvgIpc) is 3.30. The molecular formula is C22H31N3O2. The van der Waals surface area contributed by atoms with Gasteiger partial charge in [-0.1, -0.05) is 25.5 Å². The standard InChI is InChI=1S/C22H31N3O2/c1-2-3-17-4-6-19(7-5-17)25-15-18(14-20(25)26)21(27)24-12-9-22(10-13-24)8-11-23-16-22/h4-7,18,23H,2-3,8-16H2,1H3. The van der Waals surface area contributed by atoms with E-state index in [9.17, 15) is 9.59 Å². The van der Waals surface area contributed by atoms with Gasteiger partial charge in [0.1, 0.15) is 0 Å². The maximum Gasteiger partial charge on any atom is 0.228 e. The predicted octanol–water partition coefficient (Wildman–Crippen LogP) is 2.59. The maximum absolute atomic E-state index is 13.0. The molecule has 0 aromatic heterocycles. The zero-order chi connectivity index (χ0) is 18.9. The summed E-state index contributed by atoms with van der Waals surface area (Å²) in [5.74, 6) is 0.0582. The van der Waals surface area contributed by atoms with Crippen molar-refractivity contribution in [1.82, 2.24) is 10.2 Å². The molecule has 1 N–H and O–H groups in total. The highest BCUT2D eigenvalue weighted by Gasteiger charge is 2.41. The van der Waals surface area contributed by atoms with Crippen LogP contribution in [0.5, 0.6) is 0 Å². The van der Waals surface area contributed by atoms with Gasteiger partial charge in [0, 0.05) is 38.3 Å². The van der Waals surface area contributed by atoms with Crippen molar-refractivity contribution in [3.8, 4) is 0 Å². The van der Waals surface area contributed by atoms with Crippen LogP contribution >= 0.6 is 0 Å². The summed E-state index contributed by atoms with van der Waals surface area (Å²) in [6.45, 7) is 6.58. The molecule has 146 valence electrons. The van der Waals surface area contributed by atoms with Crippen LogP contribution in [0.25, 0.3) is 0 Å². The summed E-state index contributed by atoms with van der Waals surface area (Å²) in [6, 6.07) is 8.24. The van der Waals surface area contributed by atoms with Crippen LogP contribution in [-0.2, 0) is 16.0 Å². The Balaban J connectivity index is 1.36. The van der Waals surface area contributed by atoms with E-state index in [1.807, 2.05) is 17.0 Å². The smallest absolute Gasteiger partial charge is 0.228 e. The van der Waals surface area contributed by atoms with E-state index in [-0.39, 0.29) is 17.7 Å². The number of anilines is 1. The van der Waals surface area contributed by atoms with Crippen LogP contribution in [0.1, 0.15) is 44.6 Å². The molecule has 1 aromatic carbocycles. The van der Waals surface area contributed by atoms with E-state index in [2.05, 4.69) is 24.4 Å². The number of benzene rings is 1. The van der Waals surface area contributed by atoms with Crippen LogP contribution in [-0.4, -0.2) is 49.4 Å². The van der Waals surface area contributed by atoms with Crippen molar-refractivity contribution in [3.63, 3.8) is 0 Å². The molecule has 1 spiro atoms. The predicted molar refractivity (Wildman–Crippen MR) is 107 cm³/mol. The molecule has 4 rings (SSSR count). The number of likely N-dealkylation sites (tertiary alicyclic amines) is 1. The van der Waals surface area contributed by atoms with Crippen molar-refractivity contribution >= 4 is 17.5 Å². The first-order valence-electron chi connectivity index (χ1n) is 10.5. The highest BCUT2D eigenvalue weighted by molar-refractivity contribution is 6.00. The van der Waals surface area contributed by atoms with Crippen LogP contribution in [0.4, 0.5) is 5.69 Å². The quantitative estimate of drug-likeness (QED) is 0.888. The van der Waals surface area contributed by atoms with E-state index in [4.69, 9.17) is 0 Å². The summed E-state index contributed by atoms with van der Waals surface area (Å²) < 4.78 is 0. The Morgan fingerprint density at radius 3 is 2.56 bits per heavy atom. The lowest BCUT2D eigenvalue weighted by Gasteiger charge is -2.39. The molecule has 3 aliphatic heterocycles. The lowest BCUT2D eigenvalue weighted by Crippen LogP contribution is -2.46. The molecule has 3 aliphatic rings. The van der Waals surface area contributed by atoms with Crippen molar-refractivity contribution in [1.29, 1.82) is 0 Å². The lowest BCUT2D eigenvalue weighted by atomic mass is 9.77. The second-order valence-electron chi connectivity index (χ2n) is 8.57. The zero-order valence-corrected chi connectivity index (χ0v) is 16.4. The minimum Gasteiger partial charge on any atom is -0.342 e. The topological polar surface area (TPSA) is 52.7 Å². The van der Waals surface area contributed by atoms with Gasteiger partial charge in [-0.3, -0.25) is 9.59 Å². The van der Waals surface area contributed by atoms with Gasteiger partial charge in [-0.05, 0) is 55.3 Å². The van der Waals surface area contributed by atoms with Crippen LogP contribution in [0.3, 0.4) is 0 Å². The van der Waals surface area contributed by atoms with Crippen LogP contribution in [0.15, 0.2) is 24.3 Å². The van der Waals surface area contributed by atoms with Crippen molar-refractivity contribution in [3.05, 3.63) is 29.8 Å². The number of hydrogen-bond acceptors (Lipinski definition) is 3. The Morgan fingerprint density at radius 1 is 1.19 bits per heavy atom. The van der Waals surface area contributed by atoms with Crippen molar-refractivity contribution in [2.45, 2.75) is 45.4 Å². The zero-order valence-electron chi connectivity index (χ0n) is 16.4. The van der Waals surface area contributed by atoms with Crippen LogP contribution < -0.4 is 10.2 Å². The summed E-state index contributed by atoms with van der Waals surface area (Å²) in [5, 5.41) is 3.47. The van der Waals surface area contributed by atoms with E-state index in [0.717, 1.165) is 57.5 Å². The van der Waals surface area contributed by atoms with E-state index >= 15 is 0 Å². The molecule has 3 fully saturated rings. The number of piperidine rings is 1. The van der Waals surface area contributed by atoms with Crippen molar-refractivity contribution < 1.29 is 9.59 Å². The summed E-state index contributed by atoms with van der Waals surface area (Å²) in [6.07, 6.45) is 5.94. The Bertz CT molecular complexity index is 684. The van der Waals surface area contributed by atoms with Gasteiger partial charge in [0.25, 0.3) is 0 Å². The molecule has 0 saturated carbocycles. The Hall–Kier alpha value is -1.88. The van der Waals surface area contributed by atoms with Gasteiger partial charge in [-0.2, -0.15) is 0 Å². The van der Waals surface area contributed by atoms with Gasteiger partial charge in [0.2, 0.25) is 11.8 Å². The van der Waals surface area contributed by atoms with Crippen LogP contribution in [0.2, 0.25) is 0 Å². The molecule has 2 amide bonds. The number of carbonyl (C=O) groups excluding carboxylic acids is 2. The molecule has 5 heteroatoms. The summed E-state index contributed by atoms with van der Waals surface area (Å²) >= 11 is 0. The van der Waals surface area contributed by atoms with Gasteiger partial charge in [0.05, 0.1) is 5.92 Å². The van der Waals surface area contributed by atoms with Gasteiger partial charge in [-0.25, -0.2) is 0 Å². The molecule has 3 heterocycles. The highest BCUT2D eigenvalue weighted by atomic mass is 16.2.